The molecule has 1 unspecified atom stereocenters. The van der Waals surface area contributed by atoms with Gasteiger partial charge in [0.15, 0.2) is 5.78 Å². The fourth-order valence-corrected chi connectivity index (χ4v) is 4.49. The van der Waals surface area contributed by atoms with Crippen LogP contribution >= 0.6 is 0 Å². The minimum Gasteiger partial charge on any atom is -0.497 e. The second-order valence-electron chi connectivity index (χ2n) is 8.45. The van der Waals surface area contributed by atoms with Crippen LogP contribution in [0.3, 0.4) is 0 Å². The van der Waals surface area contributed by atoms with Gasteiger partial charge in [0.1, 0.15) is 12.4 Å². The van der Waals surface area contributed by atoms with E-state index in [-0.39, 0.29) is 42.4 Å². The Kier molecular flexibility index (Phi) is 4.63. The number of pyridine rings is 2. The molecular formula is C24H22N2O6. The predicted octanol–water partition coefficient (Wildman–Crippen LogP) is 2.75. The first-order chi connectivity index (χ1) is 15.3. The van der Waals surface area contributed by atoms with Crippen LogP contribution in [0, 0.1) is 5.92 Å². The van der Waals surface area contributed by atoms with E-state index in [4.69, 9.17) is 14.5 Å². The molecule has 32 heavy (non-hydrogen) atoms. The molecule has 2 aliphatic rings. The van der Waals surface area contributed by atoms with Crippen molar-refractivity contribution < 1.29 is 24.2 Å². The minimum atomic E-state index is -1.14. The van der Waals surface area contributed by atoms with Crippen molar-refractivity contribution >= 4 is 22.7 Å². The maximum absolute atomic E-state index is 13.3. The zero-order valence-corrected chi connectivity index (χ0v) is 18.0. The molecule has 164 valence electrons. The van der Waals surface area contributed by atoms with Crippen molar-refractivity contribution in [1.82, 2.24) is 9.55 Å². The van der Waals surface area contributed by atoms with E-state index >= 15 is 0 Å². The fraction of sp³-hybridized carbons (Fsp3) is 0.333. The average molecular weight is 434 g/mol. The number of aliphatic hydroxyl groups excluding tert-OH is 1. The number of aliphatic hydroxyl groups is 1. The van der Waals surface area contributed by atoms with Crippen LogP contribution in [0.15, 0.2) is 29.1 Å². The summed E-state index contributed by atoms with van der Waals surface area (Å²) in [7, 11) is 1.56. The first-order valence-electron chi connectivity index (χ1n) is 10.5. The standard InChI is InChI=1S/C24H22N2O6/c1-11(2)23(29)21-14-6-12(31-3)4-5-17(14)25-22-15(21)9-26-18(22)7-13-16(24(26)30)10-32-20(28)8-19(13)27/h4-7,11,19,27H,8-10H2,1-3H3. The lowest BCUT2D eigenvalue weighted by molar-refractivity contribution is -0.146. The van der Waals surface area contributed by atoms with Gasteiger partial charge in [0, 0.05) is 22.4 Å². The van der Waals surface area contributed by atoms with Crippen molar-refractivity contribution in [2.24, 2.45) is 5.92 Å². The largest absolute Gasteiger partial charge is 0.497 e. The van der Waals surface area contributed by atoms with E-state index in [1.165, 1.54) is 4.57 Å². The van der Waals surface area contributed by atoms with Crippen LogP contribution < -0.4 is 10.3 Å². The molecule has 0 spiro atoms. The number of methoxy groups -OCH3 is 1. The Morgan fingerprint density at radius 1 is 1.25 bits per heavy atom. The normalized spacial score (nSPS) is 16.9. The number of ether oxygens (including phenoxy) is 2. The molecule has 8 nitrogen and oxygen atoms in total. The summed E-state index contributed by atoms with van der Waals surface area (Å²) in [4.78, 5) is 43.1. The highest BCUT2D eigenvalue weighted by Gasteiger charge is 2.33. The number of hydrogen-bond acceptors (Lipinski definition) is 7. The summed E-state index contributed by atoms with van der Waals surface area (Å²) in [6.07, 6.45) is -1.35. The first-order valence-corrected chi connectivity index (χ1v) is 10.5. The Labute approximate surface area is 183 Å². The highest BCUT2D eigenvalue weighted by Crippen LogP contribution is 2.39. The number of aromatic nitrogens is 2. The number of hydrogen-bond donors (Lipinski definition) is 1. The van der Waals surface area contributed by atoms with Crippen molar-refractivity contribution in [1.29, 1.82) is 0 Å². The lowest BCUT2D eigenvalue weighted by Crippen LogP contribution is -2.25. The SMILES string of the molecule is COc1ccc2nc3c(c(C(=O)C(C)C)c2c1)Cn1c-3cc2c(c1=O)COC(=O)CC2O. The monoisotopic (exact) mass is 434 g/mol. The highest BCUT2D eigenvalue weighted by atomic mass is 16.5. The third-order valence-corrected chi connectivity index (χ3v) is 6.15. The number of carbonyl (C=O) groups is 2. The summed E-state index contributed by atoms with van der Waals surface area (Å²) >= 11 is 0. The molecule has 1 N–H and O–H groups in total. The van der Waals surface area contributed by atoms with Crippen LogP contribution in [0.25, 0.3) is 22.3 Å². The second-order valence-corrected chi connectivity index (χ2v) is 8.45. The quantitative estimate of drug-likeness (QED) is 0.390. The minimum absolute atomic E-state index is 0.0433. The van der Waals surface area contributed by atoms with Gasteiger partial charge in [-0.25, -0.2) is 4.98 Å². The Bertz CT molecular complexity index is 1370. The Hall–Kier alpha value is -3.52. The number of nitrogens with zero attached hydrogens (tertiary/aromatic N) is 2. The van der Waals surface area contributed by atoms with Gasteiger partial charge < -0.3 is 19.1 Å². The van der Waals surface area contributed by atoms with Crippen LogP contribution in [0.4, 0.5) is 0 Å². The van der Waals surface area contributed by atoms with Crippen molar-refractivity contribution in [2.75, 3.05) is 7.11 Å². The molecule has 0 saturated heterocycles. The van der Waals surface area contributed by atoms with Crippen molar-refractivity contribution in [3.05, 3.63) is 56.9 Å². The molecule has 0 amide bonds. The lowest BCUT2D eigenvalue weighted by atomic mass is 9.92. The number of ketones is 1. The van der Waals surface area contributed by atoms with E-state index in [1.54, 1.807) is 31.4 Å². The molecule has 2 aromatic heterocycles. The molecule has 3 aromatic rings. The number of esters is 1. The van der Waals surface area contributed by atoms with E-state index in [0.717, 1.165) is 0 Å². The van der Waals surface area contributed by atoms with Gasteiger partial charge in [-0.1, -0.05) is 13.8 Å². The van der Waals surface area contributed by atoms with Crippen LogP contribution in [0.1, 0.15) is 53.4 Å². The highest BCUT2D eigenvalue weighted by molar-refractivity contribution is 6.11. The third-order valence-electron chi connectivity index (χ3n) is 6.15. The van der Waals surface area contributed by atoms with Gasteiger partial charge >= 0.3 is 5.97 Å². The second kappa shape index (κ2) is 7.27. The van der Waals surface area contributed by atoms with E-state index in [0.29, 0.717) is 44.7 Å². The molecule has 8 heteroatoms. The number of rotatable bonds is 3. The first kappa shape index (κ1) is 20.4. The van der Waals surface area contributed by atoms with Gasteiger partial charge in [0.05, 0.1) is 48.6 Å². The van der Waals surface area contributed by atoms with Gasteiger partial charge in [-0.15, -0.1) is 0 Å². The molecule has 2 aliphatic heterocycles. The topological polar surface area (TPSA) is 108 Å². The van der Waals surface area contributed by atoms with Crippen LogP contribution in [-0.4, -0.2) is 33.5 Å². The van der Waals surface area contributed by atoms with Crippen LogP contribution in [0.5, 0.6) is 5.75 Å². The number of Topliss-reactive ketones (excluding diaryl/α,β-unsaturated/α-hetero) is 1. The molecule has 0 aliphatic carbocycles. The van der Waals surface area contributed by atoms with Gasteiger partial charge in [-0.2, -0.15) is 0 Å². The maximum atomic E-state index is 13.3. The zero-order chi connectivity index (χ0) is 22.7. The third kappa shape index (κ3) is 2.94. The molecule has 1 aromatic carbocycles. The Morgan fingerprint density at radius 2 is 2.03 bits per heavy atom. The summed E-state index contributed by atoms with van der Waals surface area (Å²) in [6.45, 7) is 3.66. The van der Waals surface area contributed by atoms with Crippen molar-refractivity contribution in [3.63, 3.8) is 0 Å². The average Bonchev–Trinajstić information content (AvgIpc) is 3.06. The molecular weight excluding hydrogens is 412 g/mol. The number of carbonyl (C=O) groups excluding carboxylic acids is 2. The van der Waals surface area contributed by atoms with E-state index in [2.05, 4.69) is 0 Å². The van der Waals surface area contributed by atoms with Crippen molar-refractivity contribution in [3.8, 4) is 17.1 Å². The summed E-state index contributed by atoms with van der Waals surface area (Å²) in [5, 5.41) is 11.2. The Balaban J connectivity index is 1.81. The number of cyclic esters (lactones) is 1. The lowest BCUT2D eigenvalue weighted by Gasteiger charge is -2.14. The summed E-state index contributed by atoms with van der Waals surface area (Å²) < 4.78 is 12.0. The maximum Gasteiger partial charge on any atom is 0.309 e. The van der Waals surface area contributed by atoms with E-state index < -0.39 is 12.1 Å². The summed E-state index contributed by atoms with van der Waals surface area (Å²) in [5.41, 5.74) is 3.15. The molecule has 4 heterocycles. The molecule has 1 atom stereocenters. The van der Waals surface area contributed by atoms with Gasteiger partial charge in [0.2, 0.25) is 0 Å². The van der Waals surface area contributed by atoms with Gasteiger partial charge in [-0.3, -0.25) is 14.4 Å². The number of benzene rings is 1. The van der Waals surface area contributed by atoms with Crippen LogP contribution in [-0.2, 0) is 22.7 Å². The van der Waals surface area contributed by atoms with Crippen LogP contribution in [0.2, 0.25) is 0 Å². The van der Waals surface area contributed by atoms with E-state index in [1.807, 2.05) is 13.8 Å². The molecule has 5 rings (SSSR count). The van der Waals surface area contributed by atoms with Gasteiger partial charge in [0.25, 0.3) is 5.56 Å². The molecule has 0 bridgehead atoms. The number of fused-ring (bicyclic) bond motifs is 5. The molecule has 0 radical (unpaired) electrons. The smallest absolute Gasteiger partial charge is 0.309 e. The zero-order valence-electron chi connectivity index (χ0n) is 18.0. The van der Waals surface area contributed by atoms with Gasteiger partial charge in [-0.05, 0) is 29.8 Å². The Morgan fingerprint density at radius 3 is 2.75 bits per heavy atom. The fourth-order valence-electron chi connectivity index (χ4n) is 4.49. The molecule has 0 saturated carbocycles. The summed E-state index contributed by atoms with van der Waals surface area (Å²) in [6, 6.07) is 7.05. The predicted molar refractivity (Wildman–Crippen MR) is 116 cm³/mol. The summed E-state index contributed by atoms with van der Waals surface area (Å²) in [5.74, 6) is -0.240. The molecule has 0 fully saturated rings. The van der Waals surface area contributed by atoms with E-state index in [9.17, 15) is 19.5 Å². The van der Waals surface area contributed by atoms with Crippen molar-refractivity contribution in [2.45, 2.75) is 39.5 Å².